The predicted octanol–water partition coefficient (Wildman–Crippen LogP) is 5.24. The van der Waals surface area contributed by atoms with Gasteiger partial charge in [-0.25, -0.2) is 0 Å². The Balaban J connectivity index is 1.42. The summed E-state index contributed by atoms with van der Waals surface area (Å²) in [5.74, 6) is 0.337. The van der Waals surface area contributed by atoms with Gasteiger partial charge in [0.15, 0.2) is 10.1 Å². The van der Waals surface area contributed by atoms with Crippen LogP contribution in [0.1, 0.15) is 30.7 Å². The van der Waals surface area contributed by atoms with Gasteiger partial charge in [-0.15, -0.1) is 10.2 Å². The van der Waals surface area contributed by atoms with Crippen LogP contribution in [0.25, 0.3) is 0 Å². The van der Waals surface area contributed by atoms with E-state index in [-0.39, 0.29) is 28.8 Å². The maximum Gasteiger partial charge on any atom is 0.234 e. The number of para-hydroxylation sites is 1. The smallest absolute Gasteiger partial charge is 0.234 e. The highest BCUT2D eigenvalue weighted by Gasteiger charge is 2.42. The highest BCUT2D eigenvalue weighted by molar-refractivity contribution is 8.01. The Hall–Kier alpha value is -4.05. The fraction of sp³-hybridized carbons (Fsp3) is 0.250. The Morgan fingerprint density at radius 1 is 1.22 bits per heavy atom. The van der Waals surface area contributed by atoms with Gasteiger partial charge in [0.1, 0.15) is 17.3 Å². The highest BCUT2D eigenvalue weighted by Crippen LogP contribution is 2.48. The van der Waals surface area contributed by atoms with Crippen molar-refractivity contribution in [1.29, 1.82) is 5.26 Å². The third-order valence-corrected chi connectivity index (χ3v) is 8.99. The minimum absolute atomic E-state index is 0.0420. The predicted molar refractivity (Wildman–Crippen MR) is 158 cm³/mol. The number of amides is 1. The standard InChI is InChI=1S/C28H25ClN6O4S2/c1-38-21-9-4-3-6-16(21)24-17(13-30)26(31)35(19-7-5-8-20(36)25(19)24)27-33-34-28(41-27)40-14-23(37)32-18-12-15(29)10-11-22(18)39-2/h3-4,6,9-12,24H,5,7-8,14,31H2,1-2H3,(H,32,37). The van der Waals surface area contributed by atoms with Crippen molar-refractivity contribution in [3.63, 3.8) is 0 Å². The number of nitrogens with two attached hydrogens (primary N) is 1. The van der Waals surface area contributed by atoms with Crippen LogP contribution in [0.15, 0.2) is 69.5 Å². The third kappa shape index (κ3) is 5.61. The molecule has 0 radical (unpaired) electrons. The normalized spacial score (nSPS) is 16.8. The summed E-state index contributed by atoms with van der Waals surface area (Å²) in [6, 6.07) is 14.5. The van der Waals surface area contributed by atoms with Crippen molar-refractivity contribution < 1.29 is 19.1 Å². The van der Waals surface area contributed by atoms with Gasteiger partial charge in [-0.1, -0.05) is 52.9 Å². The summed E-state index contributed by atoms with van der Waals surface area (Å²) >= 11 is 8.48. The summed E-state index contributed by atoms with van der Waals surface area (Å²) in [4.78, 5) is 27.7. The molecule has 0 spiro atoms. The molecule has 2 aromatic carbocycles. The Morgan fingerprint density at radius 3 is 2.76 bits per heavy atom. The van der Waals surface area contributed by atoms with E-state index in [2.05, 4.69) is 21.6 Å². The lowest BCUT2D eigenvalue weighted by atomic mass is 9.75. The number of carbonyl (C=O) groups is 2. The zero-order chi connectivity index (χ0) is 29.1. The van der Waals surface area contributed by atoms with Gasteiger partial charge in [-0.3, -0.25) is 14.5 Å². The fourth-order valence-corrected chi connectivity index (χ4v) is 6.82. The van der Waals surface area contributed by atoms with Gasteiger partial charge in [0.2, 0.25) is 11.0 Å². The number of ether oxygens (including phenoxy) is 2. The van der Waals surface area contributed by atoms with Crippen molar-refractivity contribution in [2.24, 2.45) is 5.73 Å². The molecule has 210 valence electrons. The van der Waals surface area contributed by atoms with Gasteiger partial charge in [-0.05, 0) is 37.1 Å². The molecule has 13 heteroatoms. The first-order valence-corrected chi connectivity index (χ1v) is 14.7. The number of allylic oxidation sites excluding steroid dienone is 3. The number of nitrogens with zero attached hydrogens (tertiary/aromatic N) is 4. The highest BCUT2D eigenvalue weighted by atomic mass is 35.5. The van der Waals surface area contributed by atoms with Crippen LogP contribution in [-0.4, -0.2) is 41.9 Å². The lowest BCUT2D eigenvalue weighted by Gasteiger charge is -2.38. The lowest BCUT2D eigenvalue weighted by Crippen LogP contribution is -2.38. The van der Waals surface area contributed by atoms with Crippen molar-refractivity contribution in [2.75, 3.05) is 30.2 Å². The number of carbonyl (C=O) groups excluding carboxylic acids is 2. The first-order valence-electron chi connectivity index (χ1n) is 12.5. The van der Waals surface area contributed by atoms with Crippen LogP contribution in [0.5, 0.6) is 11.5 Å². The van der Waals surface area contributed by atoms with Crippen molar-refractivity contribution in [3.05, 3.63) is 75.7 Å². The van der Waals surface area contributed by atoms with Gasteiger partial charge in [0, 0.05) is 28.3 Å². The van der Waals surface area contributed by atoms with Crippen molar-refractivity contribution >= 4 is 57.2 Å². The number of ketones is 1. The maximum atomic E-state index is 13.4. The molecular formula is C28H25ClN6O4S2. The summed E-state index contributed by atoms with van der Waals surface area (Å²) in [6.45, 7) is 0. The Bertz CT molecular complexity index is 1630. The molecule has 2 heterocycles. The Kier molecular flexibility index (Phi) is 8.49. The largest absolute Gasteiger partial charge is 0.496 e. The molecule has 1 atom stereocenters. The van der Waals surface area contributed by atoms with E-state index in [0.717, 1.165) is 0 Å². The summed E-state index contributed by atoms with van der Waals surface area (Å²) < 4.78 is 11.4. The molecule has 0 bridgehead atoms. The third-order valence-electron chi connectivity index (χ3n) is 6.71. The summed E-state index contributed by atoms with van der Waals surface area (Å²) in [6.07, 6.45) is 1.61. The van der Waals surface area contributed by atoms with E-state index >= 15 is 0 Å². The molecule has 1 aromatic heterocycles. The van der Waals surface area contributed by atoms with Gasteiger partial charge >= 0.3 is 0 Å². The number of nitrogens with one attached hydrogen (secondary N) is 1. The monoisotopic (exact) mass is 608 g/mol. The number of Topliss-reactive ketones (excluding diaryl/α,β-unsaturated/α-hetero) is 1. The van der Waals surface area contributed by atoms with Crippen LogP contribution in [-0.2, 0) is 9.59 Å². The molecule has 1 aliphatic carbocycles. The summed E-state index contributed by atoms with van der Waals surface area (Å²) in [5, 5.41) is 22.5. The van der Waals surface area contributed by atoms with Crippen LogP contribution in [0.3, 0.4) is 0 Å². The second kappa shape index (κ2) is 12.2. The number of aromatic nitrogens is 2. The molecule has 3 aromatic rings. The second-order valence-corrected chi connectivity index (χ2v) is 11.7. The second-order valence-electron chi connectivity index (χ2n) is 9.09. The van der Waals surface area contributed by atoms with E-state index in [9.17, 15) is 14.9 Å². The zero-order valence-corrected chi connectivity index (χ0v) is 24.5. The molecule has 0 saturated carbocycles. The molecule has 1 unspecified atom stereocenters. The van der Waals surface area contributed by atoms with Crippen LogP contribution in [0.4, 0.5) is 10.8 Å². The van der Waals surface area contributed by atoms with Gasteiger partial charge in [-0.2, -0.15) is 5.26 Å². The van der Waals surface area contributed by atoms with Gasteiger partial charge in [0.25, 0.3) is 0 Å². The Labute approximate surface area is 249 Å². The van der Waals surface area contributed by atoms with Crippen LogP contribution < -0.4 is 25.4 Å². The minimum Gasteiger partial charge on any atom is -0.496 e. The van der Waals surface area contributed by atoms with Gasteiger partial charge < -0.3 is 20.5 Å². The minimum atomic E-state index is -0.649. The molecule has 2 aliphatic rings. The van der Waals surface area contributed by atoms with E-state index in [0.29, 0.717) is 67.8 Å². The SMILES string of the molecule is COc1ccc(Cl)cc1NC(=O)CSc1nnc(N2C(N)=C(C#N)C(c3ccccc3OC)C3=C2CCCC3=O)s1. The number of hydrogen-bond acceptors (Lipinski definition) is 11. The van der Waals surface area contributed by atoms with E-state index in [1.165, 1.54) is 30.2 Å². The molecular weight excluding hydrogens is 584 g/mol. The van der Waals surface area contributed by atoms with E-state index in [1.807, 2.05) is 18.2 Å². The quantitative estimate of drug-likeness (QED) is 0.326. The number of rotatable bonds is 8. The fourth-order valence-electron chi connectivity index (χ4n) is 4.96. The molecule has 5 rings (SSSR count). The molecule has 0 saturated heterocycles. The lowest BCUT2D eigenvalue weighted by molar-refractivity contribution is -0.116. The van der Waals surface area contributed by atoms with Crippen molar-refractivity contribution in [2.45, 2.75) is 29.5 Å². The van der Waals surface area contributed by atoms with Gasteiger partial charge in [0.05, 0.1) is 43.2 Å². The molecule has 0 fully saturated rings. The topological polar surface area (TPSA) is 143 Å². The number of anilines is 2. The van der Waals surface area contributed by atoms with Crippen molar-refractivity contribution in [3.8, 4) is 17.6 Å². The number of methoxy groups -OCH3 is 2. The zero-order valence-electron chi connectivity index (χ0n) is 22.1. The van der Waals surface area contributed by atoms with Crippen LogP contribution >= 0.6 is 34.7 Å². The number of halogens is 1. The number of thioether (sulfide) groups is 1. The number of benzene rings is 2. The molecule has 41 heavy (non-hydrogen) atoms. The summed E-state index contributed by atoms with van der Waals surface area (Å²) in [7, 11) is 3.06. The van der Waals surface area contributed by atoms with E-state index < -0.39 is 5.92 Å². The van der Waals surface area contributed by atoms with Crippen molar-refractivity contribution in [1.82, 2.24) is 10.2 Å². The molecule has 1 amide bonds. The first-order chi connectivity index (χ1) is 19.9. The first kappa shape index (κ1) is 28.5. The van der Waals surface area contributed by atoms with Crippen LogP contribution in [0.2, 0.25) is 5.02 Å². The molecule has 10 nitrogen and oxygen atoms in total. The maximum absolute atomic E-state index is 13.4. The molecule has 1 aliphatic heterocycles. The summed E-state index contributed by atoms with van der Waals surface area (Å²) in [5.41, 5.74) is 9.26. The number of nitriles is 1. The number of hydrogen-bond donors (Lipinski definition) is 2. The van der Waals surface area contributed by atoms with E-state index in [4.69, 9.17) is 26.8 Å². The van der Waals surface area contributed by atoms with Crippen LogP contribution in [0, 0.1) is 11.3 Å². The average molecular weight is 609 g/mol. The Morgan fingerprint density at radius 2 is 2.00 bits per heavy atom. The van der Waals surface area contributed by atoms with E-state index in [1.54, 1.807) is 36.3 Å². The average Bonchev–Trinajstić information content (AvgIpc) is 3.44. The molecule has 3 N–H and O–H groups in total.